The van der Waals surface area contributed by atoms with E-state index in [9.17, 15) is 4.79 Å². The molecule has 1 saturated heterocycles. The third-order valence-corrected chi connectivity index (χ3v) is 3.91. The zero-order valence-electron chi connectivity index (χ0n) is 11.7. The molecule has 0 aromatic heterocycles. The van der Waals surface area contributed by atoms with Gasteiger partial charge >= 0.3 is 6.09 Å². The summed E-state index contributed by atoms with van der Waals surface area (Å²) in [5.41, 5.74) is 6.39. The van der Waals surface area contributed by atoms with Gasteiger partial charge in [0, 0.05) is 12.1 Å². The lowest BCUT2D eigenvalue weighted by Gasteiger charge is -2.31. The van der Waals surface area contributed by atoms with E-state index in [1.165, 1.54) is 12.8 Å². The molecule has 0 unspecified atom stereocenters. The van der Waals surface area contributed by atoms with Crippen LogP contribution in [0.4, 0.5) is 4.79 Å². The highest BCUT2D eigenvalue weighted by molar-refractivity contribution is 5.68. The van der Waals surface area contributed by atoms with Crippen molar-refractivity contribution in [2.45, 2.75) is 38.6 Å². The Bertz CT molecular complexity index is 457. The smallest absolute Gasteiger partial charge is 0.409 e. The minimum Gasteiger partial charge on any atom is -0.410 e. The number of hydrogen-bond acceptors (Lipinski definition) is 3. The first kappa shape index (κ1) is 13.9. The molecule has 1 heterocycles. The number of amides is 1. The summed E-state index contributed by atoms with van der Waals surface area (Å²) in [7, 11) is 0. The fourth-order valence-electron chi connectivity index (χ4n) is 2.75. The Morgan fingerprint density at radius 3 is 2.79 bits per heavy atom. The van der Waals surface area contributed by atoms with Crippen molar-refractivity contribution in [3.8, 4) is 5.75 Å². The van der Waals surface area contributed by atoms with Crippen LogP contribution in [0.5, 0.6) is 5.75 Å². The Balaban J connectivity index is 2.01. The average Bonchev–Trinajstić information content (AvgIpc) is 2.67. The number of carbonyl (C=O) groups is 1. The van der Waals surface area contributed by atoms with E-state index >= 15 is 0 Å². The van der Waals surface area contributed by atoms with Gasteiger partial charge in [0.1, 0.15) is 5.75 Å². The van der Waals surface area contributed by atoms with Gasteiger partial charge in [0.05, 0.1) is 0 Å². The zero-order chi connectivity index (χ0) is 13.9. The first-order valence-corrected chi connectivity index (χ1v) is 6.79. The number of primary amides is 1. The molecule has 1 aromatic rings. The Morgan fingerprint density at radius 2 is 2.16 bits per heavy atom. The summed E-state index contributed by atoms with van der Waals surface area (Å²) < 4.78 is 5.03. The van der Waals surface area contributed by atoms with Crippen LogP contribution in [0.25, 0.3) is 0 Å². The van der Waals surface area contributed by atoms with Gasteiger partial charge in [-0.2, -0.15) is 0 Å². The summed E-state index contributed by atoms with van der Waals surface area (Å²) in [5, 5.41) is 0. The molecule has 4 heteroatoms. The van der Waals surface area contributed by atoms with Crippen LogP contribution in [0.2, 0.25) is 0 Å². The maximum atomic E-state index is 10.9. The number of rotatable bonds is 4. The molecule has 1 amide bonds. The highest BCUT2D eigenvalue weighted by Gasteiger charge is 2.31. The summed E-state index contributed by atoms with van der Waals surface area (Å²) >= 11 is 0. The Morgan fingerprint density at radius 1 is 1.42 bits per heavy atom. The third-order valence-electron chi connectivity index (χ3n) is 3.91. The van der Waals surface area contributed by atoms with Crippen LogP contribution < -0.4 is 10.5 Å². The van der Waals surface area contributed by atoms with Crippen LogP contribution in [0.1, 0.15) is 32.3 Å². The van der Waals surface area contributed by atoms with Gasteiger partial charge in [-0.1, -0.05) is 18.2 Å². The van der Waals surface area contributed by atoms with Crippen molar-refractivity contribution in [2.75, 3.05) is 13.1 Å². The highest BCUT2D eigenvalue weighted by Crippen LogP contribution is 2.29. The second-order valence-corrected chi connectivity index (χ2v) is 5.68. The quantitative estimate of drug-likeness (QED) is 0.907. The second-order valence-electron chi connectivity index (χ2n) is 5.68. The normalized spacial score (nSPS) is 18.4. The van der Waals surface area contributed by atoms with Crippen LogP contribution in [0, 0.1) is 0 Å². The Kier molecular flexibility index (Phi) is 4.10. The van der Waals surface area contributed by atoms with E-state index in [2.05, 4.69) is 18.7 Å². The number of ether oxygens (including phenoxy) is 1. The Labute approximate surface area is 114 Å². The SMILES string of the molecule is CC1(C)CCCN1CCc1ccccc1OC(N)=O. The van der Waals surface area contributed by atoms with Crippen LogP contribution in [-0.2, 0) is 6.42 Å². The monoisotopic (exact) mass is 262 g/mol. The van der Waals surface area contributed by atoms with Crippen molar-refractivity contribution in [2.24, 2.45) is 5.73 Å². The molecule has 19 heavy (non-hydrogen) atoms. The zero-order valence-corrected chi connectivity index (χ0v) is 11.7. The summed E-state index contributed by atoms with van der Waals surface area (Å²) in [6, 6.07) is 7.58. The van der Waals surface area contributed by atoms with Gasteiger partial charge in [-0.05, 0) is 51.3 Å². The predicted molar refractivity (Wildman–Crippen MR) is 75.2 cm³/mol. The molecule has 104 valence electrons. The van der Waals surface area contributed by atoms with Crippen molar-refractivity contribution >= 4 is 6.09 Å². The van der Waals surface area contributed by atoms with Gasteiger partial charge in [0.2, 0.25) is 0 Å². The number of likely N-dealkylation sites (tertiary alicyclic amines) is 1. The van der Waals surface area contributed by atoms with Gasteiger partial charge in [-0.25, -0.2) is 4.79 Å². The number of nitrogens with two attached hydrogens (primary N) is 1. The molecule has 0 radical (unpaired) electrons. The van der Waals surface area contributed by atoms with Gasteiger partial charge in [0.15, 0.2) is 0 Å². The summed E-state index contributed by atoms with van der Waals surface area (Å²) in [6.07, 6.45) is 2.61. The molecule has 2 rings (SSSR count). The summed E-state index contributed by atoms with van der Waals surface area (Å²) in [5.74, 6) is 0.576. The molecule has 0 saturated carbocycles. The maximum Gasteiger partial charge on any atom is 0.409 e. The molecular formula is C15H22N2O2. The molecule has 0 bridgehead atoms. The van der Waals surface area contributed by atoms with Gasteiger partial charge in [0.25, 0.3) is 0 Å². The minimum atomic E-state index is -0.756. The molecular weight excluding hydrogens is 240 g/mol. The van der Waals surface area contributed by atoms with E-state index in [0.29, 0.717) is 5.75 Å². The van der Waals surface area contributed by atoms with Gasteiger partial charge < -0.3 is 10.5 Å². The molecule has 1 aliphatic rings. The molecule has 1 fully saturated rings. The van der Waals surface area contributed by atoms with Crippen LogP contribution in [-0.4, -0.2) is 29.6 Å². The van der Waals surface area contributed by atoms with E-state index in [-0.39, 0.29) is 5.54 Å². The minimum absolute atomic E-state index is 0.277. The number of nitrogens with zero attached hydrogens (tertiary/aromatic N) is 1. The molecule has 1 aliphatic heterocycles. The average molecular weight is 262 g/mol. The lowest BCUT2D eigenvalue weighted by Crippen LogP contribution is -2.39. The standard InChI is InChI=1S/C15H22N2O2/c1-15(2)9-5-10-17(15)11-8-12-6-3-4-7-13(12)19-14(16)18/h3-4,6-7H,5,8-11H2,1-2H3,(H2,16,18). The van der Waals surface area contributed by atoms with Crippen molar-refractivity contribution in [1.29, 1.82) is 0 Å². The molecule has 4 nitrogen and oxygen atoms in total. The predicted octanol–water partition coefficient (Wildman–Crippen LogP) is 2.56. The molecule has 0 aliphatic carbocycles. The van der Waals surface area contributed by atoms with Crippen molar-refractivity contribution < 1.29 is 9.53 Å². The Hall–Kier alpha value is -1.55. The number of benzene rings is 1. The first-order chi connectivity index (χ1) is 8.99. The molecule has 2 N–H and O–H groups in total. The number of para-hydroxylation sites is 1. The number of hydrogen-bond donors (Lipinski definition) is 1. The maximum absolute atomic E-state index is 10.9. The summed E-state index contributed by atoms with van der Waals surface area (Å²) in [4.78, 5) is 13.4. The topological polar surface area (TPSA) is 55.6 Å². The molecule has 1 aromatic carbocycles. The van der Waals surface area contributed by atoms with E-state index in [1.54, 1.807) is 6.07 Å². The highest BCUT2D eigenvalue weighted by atomic mass is 16.5. The van der Waals surface area contributed by atoms with Crippen molar-refractivity contribution in [1.82, 2.24) is 4.90 Å². The van der Waals surface area contributed by atoms with E-state index < -0.39 is 6.09 Å². The first-order valence-electron chi connectivity index (χ1n) is 6.79. The van der Waals surface area contributed by atoms with E-state index in [4.69, 9.17) is 10.5 Å². The lowest BCUT2D eigenvalue weighted by molar-refractivity contribution is 0.176. The molecule has 0 spiro atoms. The molecule has 0 atom stereocenters. The third kappa shape index (κ3) is 3.47. The fraction of sp³-hybridized carbons (Fsp3) is 0.533. The summed E-state index contributed by atoms with van der Waals surface area (Å²) in [6.45, 7) is 6.69. The van der Waals surface area contributed by atoms with Crippen molar-refractivity contribution in [3.05, 3.63) is 29.8 Å². The lowest BCUT2D eigenvalue weighted by atomic mass is 10.0. The van der Waals surface area contributed by atoms with Crippen LogP contribution in [0.15, 0.2) is 24.3 Å². The van der Waals surface area contributed by atoms with E-state index in [1.807, 2.05) is 18.2 Å². The fourth-order valence-corrected chi connectivity index (χ4v) is 2.75. The number of carbonyl (C=O) groups excluding carboxylic acids is 1. The van der Waals surface area contributed by atoms with Crippen LogP contribution in [0.3, 0.4) is 0 Å². The van der Waals surface area contributed by atoms with Crippen molar-refractivity contribution in [3.63, 3.8) is 0 Å². The van der Waals surface area contributed by atoms with E-state index in [0.717, 1.165) is 25.1 Å². The van der Waals surface area contributed by atoms with Gasteiger partial charge in [-0.15, -0.1) is 0 Å². The van der Waals surface area contributed by atoms with Gasteiger partial charge in [-0.3, -0.25) is 4.90 Å². The largest absolute Gasteiger partial charge is 0.410 e. The van der Waals surface area contributed by atoms with Crippen LogP contribution >= 0.6 is 0 Å². The second kappa shape index (κ2) is 5.61.